The standard InChI is InChI=1S/C15H21BrO2/c1-5-6-7-8-11(2)12-9-13(16)15(18-4)10-14(12)17-3/h6-7,9-11H,5,8H2,1-4H3/b7-6-. The van der Waals surface area contributed by atoms with Gasteiger partial charge in [0.2, 0.25) is 0 Å². The van der Waals surface area contributed by atoms with E-state index in [0.29, 0.717) is 5.92 Å². The Labute approximate surface area is 118 Å². The minimum Gasteiger partial charge on any atom is -0.496 e. The number of halogens is 1. The van der Waals surface area contributed by atoms with E-state index < -0.39 is 0 Å². The molecule has 0 aliphatic carbocycles. The molecule has 0 radical (unpaired) electrons. The monoisotopic (exact) mass is 312 g/mol. The van der Waals surface area contributed by atoms with E-state index >= 15 is 0 Å². The van der Waals surface area contributed by atoms with E-state index in [-0.39, 0.29) is 0 Å². The van der Waals surface area contributed by atoms with Gasteiger partial charge in [-0.15, -0.1) is 0 Å². The van der Waals surface area contributed by atoms with Crippen molar-refractivity contribution < 1.29 is 9.47 Å². The molecule has 0 saturated heterocycles. The molecule has 3 heteroatoms. The van der Waals surface area contributed by atoms with Crippen molar-refractivity contribution in [2.24, 2.45) is 0 Å². The maximum atomic E-state index is 5.45. The van der Waals surface area contributed by atoms with Crippen molar-refractivity contribution in [2.45, 2.75) is 32.6 Å². The molecule has 0 fully saturated rings. The van der Waals surface area contributed by atoms with Crippen LogP contribution in [-0.2, 0) is 0 Å². The average Bonchev–Trinajstić information content (AvgIpc) is 2.38. The van der Waals surface area contributed by atoms with Crippen molar-refractivity contribution in [3.8, 4) is 11.5 Å². The minimum atomic E-state index is 0.421. The van der Waals surface area contributed by atoms with E-state index in [2.05, 4.69) is 48.0 Å². The summed E-state index contributed by atoms with van der Waals surface area (Å²) in [4.78, 5) is 0. The second kappa shape index (κ2) is 7.47. The molecular weight excluding hydrogens is 292 g/mol. The number of ether oxygens (including phenoxy) is 2. The highest BCUT2D eigenvalue weighted by atomic mass is 79.9. The number of benzene rings is 1. The van der Waals surface area contributed by atoms with Gasteiger partial charge in [-0.1, -0.05) is 26.0 Å². The fourth-order valence-corrected chi connectivity index (χ4v) is 2.39. The van der Waals surface area contributed by atoms with E-state index in [9.17, 15) is 0 Å². The highest BCUT2D eigenvalue weighted by molar-refractivity contribution is 9.10. The third-order valence-electron chi connectivity index (χ3n) is 2.93. The van der Waals surface area contributed by atoms with Crippen molar-refractivity contribution in [2.75, 3.05) is 14.2 Å². The molecule has 0 aliphatic rings. The Morgan fingerprint density at radius 3 is 2.39 bits per heavy atom. The third-order valence-corrected chi connectivity index (χ3v) is 3.55. The van der Waals surface area contributed by atoms with Gasteiger partial charge < -0.3 is 9.47 Å². The summed E-state index contributed by atoms with van der Waals surface area (Å²) in [6, 6.07) is 4.02. The molecule has 18 heavy (non-hydrogen) atoms. The molecule has 1 atom stereocenters. The lowest BCUT2D eigenvalue weighted by molar-refractivity contribution is 0.387. The number of methoxy groups -OCH3 is 2. The molecule has 100 valence electrons. The SMILES string of the molecule is CC/C=C\CC(C)c1cc(Br)c(OC)cc1OC. The Balaban J connectivity index is 2.99. The lowest BCUT2D eigenvalue weighted by Gasteiger charge is -2.16. The van der Waals surface area contributed by atoms with E-state index in [0.717, 1.165) is 28.8 Å². The van der Waals surface area contributed by atoms with Crippen LogP contribution >= 0.6 is 15.9 Å². The van der Waals surface area contributed by atoms with Gasteiger partial charge in [0.05, 0.1) is 18.7 Å². The predicted molar refractivity (Wildman–Crippen MR) is 79.7 cm³/mol. The quantitative estimate of drug-likeness (QED) is 0.694. The Kier molecular flexibility index (Phi) is 6.27. The van der Waals surface area contributed by atoms with Gasteiger partial charge >= 0.3 is 0 Å². The molecule has 0 amide bonds. The fraction of sp³-hybridized carbons (Fsp3) is 0.467. The second-order valence-electron chi connectivity index (χ2n) is 4.25. The van der Waals surface area contributed by atoms with E-state index in [4.69, 9.17) is 9.47 Å². The zero-order valence-electron chi connectivity index (χ0n) is 11.5. The minimum absolute atomic E-state index is 0.421. The second-order valence-corrected chi connectivity index (χ2v) is 5.10. The Hall–Kier alpha value is -0.960. The van der Waals surface area contributed by atoms with Crippen LogP contribution in [0.3, 0.4) is 0 Å². The first-order chi connectivity index (χ1) is 8.63. The predicted octanol–water partition coefficient (Wildman–Crippen LogP) is 4.93. The van der Waals surface area contributed by atoms with Crippen molar-refractivity contribution >= 4 is 15.9 Å². The van der Waals surface area contributed by atoms with E-state index in [1.54, 1.807) is 14.2 Å². The summed E-state index contributed by atoms with van der Waals surface area (Å²) < 4.78 is 11.7. The molecule has 1 aromatic carbocycles. The summed E-state index contributed by atoms with van der Waals surface area (Å²) in [5.41, 5.74) is 1.20. The Morgan fingerprint density at radius 1 is 1.17 bits per heavy atom. The first-order valence-electron chi connectivity index (χ1n) is 6.20. The summed E-state index contributed by atoms with van der Waals surface area (Å²) in [5, 5.41) is 0. The molecule has 0 saturated carbocycles. The molecule has 0 heterocycles. The van der Waals surface area contributed by atoms with Crippen molar-refractivity contribution in [1.82, 2.24) is 0 Å². The molecule has 0 N–H and O–H groups in total. The van der Waals surface area contributed by atoms with Crippen LogP contribution in [0.1, 0.15) is 38.2 Å². The smallest absolute Gasteiger partial charge is 0.136 e. The van der Waals surface area contributed by atoms with E-state index in [1.807, 2.05) is 6.07 Å². The zero-order chi connectivity index (χ0) is 13.5. The lowest BCUT2D eigenvalue weighted by atomic mass is 9.96. The molecule has 0 spiro atoms. The van der Waals surface area contributed by atoms with Gasteiger partial charge in [0.25, 0.3) is 0 Å². The zero-order valence-corrected chi connectivity index (χ0v) is 13.1. The number of rotatable bonds is 6. The summed E-state index contributed by atoms with van der Waals surface area (Å²) in [5.74, 6) is 2.10. The normalized spacial score (nSPS) is 12.7. The summed E-state index contributed by atoms with van der Waals surface area (Å²) >= 11 is 3.52. The van der Waals surface area contributed by atoms with Gasteiger partial charge in [-0.25, -0.2) is 0 Å². The topological polar surface area (TPSA) is 18.5 Å². The molecular formula is C15H21BrO2. The molecule has 0 bridgehead atoms. The van der Waals surface area contributed by atoms with Crippen LogP contribution in [0.4, 0.5) is 0 Å². The summed E-state index contributed by atoms with van der Waals surface area (Å²) in [6.45, 7) is 4.35. The van der Waals surface area contributed by atoms with Gasteiger partial charge in [0.15, 0.2) is 0 Å². The van der Waals surface area contributed by atoms with Crippen LogP contribution in [0, 0.1) is 0 Å². The van der Waals surface area contributed by atoms with Crippen molar-refractivity contribution in [3.63, 3.8) is 0 Å². The molecule has 1 unspecified atom stereocenters. The Morgan fingerprint density at radius 2 is 1.83 bits per heavy atom. The maximum Gasteiger partial charge on any atom is 0.136 e. The van der Waals surface area contributed by atoms with Gasteiger partial charge in [0.1, 0.15) is 11.5 Å². The van der Waals surface area contributed by atoms with Crippen LogP contribution in [0.2, 0.25) is 0 Å². The molecule has 1 rings (SSSR count). The molecule has 0 aromatic heterocycles. The largest absolute Gasteiger partial charge is 0.496 e. The lowest BCUT2D eigenvalue weighted by Crippen LogP contribution is -1.98. The average molecular weight is 313 g/mol. The van der Waals surface area contributed by atoms with Gasteiger partial charge in [-0.05, 0) is 46.3 Å². The molecule has 1 aromatic rings. The summed E-state index contributed by atoms with van der Waals surface area (Å²) in [6.07, 6.45) is 6.52. The van der Waals surface area contributed by atoms with Crippen LogP contribution < -0.4 is 9.47 Å². The molecule has 2 nitrogen and oxygen atoms in total. The van der Waals surface area contributed by atoms with Crippen LogP contribution in [0.25, 0.3) is 0 Å². The maximum absolute atomic E-state index is 5.45. The Bertz CT molecular complexity index is 413. The van der Waals surface area contributed by atoms with Crippen LogP contribution in [0.15, 0.2) is 28.8 Å². The van der Waals surface area contributed by atoms with E-state index in [1.165, 1.54) is 5.56 Å². The van der Waals surface area contributed by atoms with Crippen molar-refractivity contribution in [1.29, 1.82) is 0 Å². The van der Waals surface area contributed by atoms with Crippen LogP contribution in [-0.4, -0.2) is 14.2 Å². The van der Waals surface area contributed by atoms with Crippen LogP contribution in [0.5, 0.6) is 11.5 Å². The number of hydrogen-bond acceptors (Lipinski definition) is 2. The van der Waals surface area contributed by atoms with Crippen molar-refractivity contribution in [3.05, 3.63) is 34.3 Å². The highest BCUT2D eigenvalue weighted by Crippen LogP contribution is 2.37. The van der Waals surface area contributed by atoms with Gasteiger partial charge in [-0.2, -0.15) is 0 Å². The third kappa shape index (κ3) is 3.77. The number of hydrogen-bond donors (Lipinski definition) is 0. The van der Waals surface area contributed by atoms with Gasteiger partial charge in [-0.3, -0.25) is 0 Å². The highest BCUT2D eigenvalue weighted by Gasteiger charge is 2.14. The first kappa shape index (κ1) is 15.1. The molecule has 0 aliphatic heterocycles. The fourth-order valence-electron chi connectivity index (χ4n) is 1.86. The van der Waals surface area contributed by atoms with Gasteiger partial charge in [0, 0.05) is 6.07 Å². The first-order valence-corrected chi connectivity index (χ1v) is 6.99. The summed E-state index contributed by atoms with van der Waals surface area (Å²) in [7, 11) is 3.35. The number of allylic oxidation sites excluding steroid dienone is 2.